The lowest BCUT2D eigenvalue weighted by molar-refractivity contribution is -0.126. The second-order valence-electron chi connectivity index (χ2n) is 4.90. The molecule has 6 heteroatoms. The maximum absolute atomic E-state index is 12.1. The van der Waals surface area contributed by atoms with Gasteiger partial charge in [-0.3, -0.25) is 9.59 Å². The van der Waals surface area contributed by atoms with Crippen LogP contribution in [0.4, 0.5) is 0 Å². The molecule has 94 valence electrons. The fourth-order valence-corrected chi connectivity index (χ4v) is 2.38. The molecule has 2 unspecified atom stereocenters. The van der Waals surface area contributed by atoms with E-state index >= 15 is 0 Å². The molecule has 0 aliphatic carbocycles. The first-order valence-corrected chi connectivity index (χ1v) is 5.96. The molecule has 0 aromatic heterocycles. The minimum atomic E-state index is -0.134. The lowest BCUT2D eigenvalue weighted by Gasteiger charge is -2.35. The lowest BCUT2D eigenvalue weighted by atomic mass is 9.96. The van der Waals surface area contributed by atoms with E-state index in [4.69, 9.17) is 5.73 Å². The van der Waals surface area contributed by atoms with E-state index in [0.29, 0.717) is 31.0 Å². The van der Waals surface area contributed by atoms with Crippen molar-refractivity contribution in [3.63, 3.8) is 0 Å². The highest BCUT2D eigenvalue weighted by Crippen LogP contribution is 2.16. The van der Waals surface area contributed by atoms with Crippen molar-refractivity contribution in [1.29, 1.82) is 0 Å². The number of likely N-dealkylation sites (tertiary alicyclic amines) is 1. The second-order valence-corrected chi connectivity index (χ2v) is 4.90. The van der Waals surface area contributed by atoms with E-state index in [-0.39, 0.29) is 17.9 Å². The summed E-state index contributed by atoms with van der Waals surface area (Å²) >= 11 is 0. The summed E-state index contributed by atoms with van der Waals surface area (Å²) < 4.78 is 0. The molecule has 3 N–H and O–H groups in total. The summed E-state index contributed by atoms with van der Waals surface area (Å²) in [6.45, 7) is 3.39. The Labute approximate surface area is 100 Å². The highest BCUT2D eigenvalue weighted by atomic mass is 16.2. The zero-order valence-electron chi connectivity index (χ0n) is 9.98. The van der Waals surface area contributed by atoms with Crippen molar-refractivity contribution >= 4 is 17.5 Å². The number of nitrogens with one attached hydrogen (secondary N) is 1. The topological polar surface area (TPSA) is 87.8 Å². The molecule has 2 rings (SSSR count). The molecule has 17 heavy (non-hydrogen) atoms. The van der Waals surface area contributed by atoms with E-state index in [1.807, 2.05) is 0 Å². The summed E-state index contributed by atoms with van der Waals surface area (Å²) in [5.74, 6) is 0.193. The van der Waals surface area contributed by atoms with Gasteiger partial charge < -0.3 is 10.6 Å². The van der Waals surface area contributed by atoms with Gasteiger partial charge in [-0.05, 0) is 12.3 Å². The van der Waals surface area contributed by atoms with Crippen molar-refractivity contribution in [2.24, 2.45) is 16.8 Å². The maximum atomic E-state index is 12.1. The molecule has 2 aliphatic heterocycles. The fraction of sp³-hybridized carbons (Fsp3) is 0.727. The predicted molar refractivity (Wildman–Crippen MR) is 63.1 cm³/mol. The van der Waals surface area contributed by atoms with Gasteiger partial charge in [-0.15, -0.1) is 0 Å². The summed E-state index contributed by atoms with van der Waals surface area (Å²) in [6.07, 6.45) is 1.71. The van der Waals surface area contributed by atoms with Gasteiger partial charge in [0.2, 0.25) is 5.91 Å². The van der Waals surface area contributed by atoms with Crippen LogP contribution in [-0.2, 0) is 9.59 Å². The number of rotatable bonds is 1. The van der Waals surface area contributed by atoms with Gasteiger partial charge in [0.05, 0.1) is 0 Å². The smallest absolute Gasteiger partial charge is 0.270 e. The van der Waals surface area contributed by atoms with Crippen molar-refractivity contribution < 1.29 is 9.59 Å². The summed E-state index contributed by atoms with van der Waals surface area (Å²) in [6, 6.07) is 0.0430. The molecular formula is C11H18N4O2. The molecule has 0 aromatic carbocycles. The van der Waals surface area contributed by atoms with E-state index in [1.165, 1.54) is 0 Å². The molecule has 1 fully saturated rings. The van der Waals surface area contributed by atoms with Crippen LogP contribution < -0.4 is 11.2 Å². The molecule has 6 nitrogen and oxygen atoms in total. The normalized spacial score (nSPS) is 29.6. The van der Waals surface area contributed by atoms with Gasteiger partial charge in [0.25, 0.3) is 5.91 Å². The molecule has 0 spiro atoms. The predicted octanol–water partition coefficient (Wildman–Crippen LogP) is -0.552. The van der Waals surface area contributed by atoms with Gasteiger partial charge in [0, 0.05) is 32.0 Å². The number of nitrogens with zero attached hydrogens (tertiary/aromatic N) is 2. The standard InChI is InChI=1S/C11H18N4O2/c1-7-4-8(12)6-15(5-7)11(17)9-2-3-10(16)14-13-9/h7-8H,2-6,12H2,1H3,(H,14,16). The highest BCUT2D eigenvalue weighted by Gasteiger charge is 2.29. The van der Waals surface area contributed by atoms with Crippen LogP contribution in [0, 0.1) is 5.92 Å². The number of piperidine rings is 1. The number of amides is 2. The molecule has 0 bridgehead atoms. The van der Waals surface area contributed by atoms with Gasteiger partial charge >= 0.3 is 0 Å². The van der Waals surface area contributed by atoms with Crippen molar-refractivity contribution in [3.8, 4) is 0 Å². The Morgan fingerprint density at radius 3 is 2.82 bits per heavy atom. The Balaban J connectivity index is 2.02. The Hall–Kier alpha value is -1.43. The van der Waals surface area contributed by atoms with Crippen LogP contribution in [0.2, 0.25) is 0 Å². The first-order valence-electron chi connectivity index (χ1n) is 5.96. The Morgan fingerprint density at radius 1 is 1.47 bits per heavy atom. The van der Waals surface area contributed by atoms with E-state index in [0.717, 1.165) is 13.0 Å². The number of hydrogen-bond acceptors (Lipinski definition) is 4. The van der Waals surface area contributed by atoms with E-state index in [1.54, 1.807) is 4.90 Å². The third-order valence-electron chi connectivity index (χ3n) is 3.13. The molecule has 2 heterocycles. The highest BCUT2D eigenvalue weighted by molar-refractivity contribution is 6.39. The van der Waals surface area contributed by atoms with Crippen LogP contribution in [0.5, 0.6) is 0 Å². The quantitative estimate of drug-likeness (QED) is 0.642. The van der Waals surface area contributed by atoms with Gasteiger partial charge in [-0.1, -0.05) is 6.92 Å². The summed E-state index contributed by atoms with van der Waals surface area (Å²) in [5, 5.41) is 3.82. The fourth-order valence-electron chi connectivity index (χ4n) is 2.38. The number of carbonyl (C=O) groups excluding carboxylic acids is 2. The van der Waals surface area contributed by atoms with Crippen LogP contribution in [0.1, 0.15) is 26.2 Å². The molecule has 2 amide bonds. The van der Waals surface area contributed by atoms with E-state index < -0.39 is 0 Å². The Morgan fingerprint density at radius 2 is 2.24 bits per heavy atom. The number of nitrogens with two attached hydrogens (primary N) is 1. The average molecular weight is 238 g/mol. The summed E-state index contributed by atoms with van der Waals surface area (Å²) in [4.78, 5) is 24.8. The zero-order valence-corrected chi connectivity index (χ0v) is 9.98. The summed E-state index contributed by atoms with van der Waals surface area (Å²) in [5.41, 5.74) is 8.68. The van der Waals surface area contributed by atoms with Crippen LogP contribution in [0.25, 0.3) is 0 Å². The molecule has 0 aromatic rings. The molecule has 0 saturated carbocycles. The Bertz CT molecular complexity index is 356. The van der Waals surface area contributed by atoms with E-state index in [9.17, 15) is 9.59 Å². The number of hydrogen-bond donors (Lipinski definition) is 2. The maximum Gasteiger partial charge on any atom is 0.270 e. The second kappa shape index (κ2) is 4.83. The van der Waals surface area contributed by atoms with Crippen LogP contribution >= 0.6 is 0 Å². The monoisotopic (exact) mass is 238 g/mol. The third-order valence-corrected chi connectivity index (χ3v) is 3.13. The molecule has 2 atom stereocenters. The van der Waals surface area contributed by atoms with Gasteiger partial charge in [0.15, 0.2) is 0 Å². The van der Waals surface area contributed by atoms with Crippen molar-refractivity contribution in [2.75, 3.05) is 13.1 Å². The molecular weight excluding hydrogens is 220 g/mol. The third kappa shape index (κ3) is 2.82. The Kier molecular flexibility index (Phi) is 3.42. The minimum Gasteiger partial charge on any atom is -0.336 e. The summed E-state index contributed by atoms with van der Waals surface area (Å²) in [7, 11) is 0. The van der Waals surface area contributed by atoms with Crippen LogP contribution in [0.15, 0.2) is 5.10 Å². The molecule has 0 radical (unpaired) electrons. The lowest BCUT2D eigenvalue weighted by Crippen LogP contribution is -2.51. The van der Waals surface area contributed by atoms with Crippen molar-refractivity contribution in [3.05, 3.63) is 0 Å². The average Bonchev–Trinajstić information content (AvgIpc) is 2.28. The zero-order chi connectivity index (χ0) is 12.4. The number of hydrazone groups is 1. The largest absolute Gasteiger partial charge is 0.336 e. The minimum absolute atomic E-state index is 0.0430. The van der Waals surface area contributed by atoms with Gasteiger partial charge in [-0.2, -0.15) is 5.10 Å². The first kappa shape index (κ1) is 12.0. The van der Waals surface area contributed by atoms with Crippen LogP contribution in [-0.4, -0.2) is 41.6 Å². The number of carbonyl (C=O) groups is 2. The molecule has 2 aliphatic rings. The van der Waals surface area contributed by atoms with Crippen molar-refractivity contribution in [2.45, 2.75) is 32.2 Å². The van der Waals surface area contributed by atoms with Crippen LogP contribution in [0.3, 0.4) is 0 Å². The van der Waals surface area contributed by atoms with Gasteiger partial charge in [0.1, 0.15) is 5.71 Å². The van der Waals surface area contributed by atoms with Crippen molar-refractivity contribution in [1.82, 2.24) is 10.3 Å². The SMILES string of the molecule is CC1CC(N)CN(C(=O)C2=NNC(=O)CC2)C1. The first-order chi connectivity index (χ1) is 8.06. The molecule has 1 saturated heterocycles. The van der Waals surface area contributed by atoms with E-state index in [2.05, 4.69) is 17.5 Å². The van der Waals surface area contributed by atoms with Gasteiger partial charge in [-0.25, -0.2) is 5.43 Å².